The van der Waals surface area contributed by atoms with E-state index in [2.05, 4.69) is 0 Å². The molecule has 1 N–H and O–H groups in total. The molecule has 0 aromatic carbocycles. The smallest absolute Gasteiger partial charge is 0.393 e. The predicted octanol–water partition coefficient (Wildman–Crippen LogP) is 4.61. The summed E-state index contributed by atoms with van der Waals surface area (Å²) in [6.45, 7) is 3.40. The third-order valence-electron chi connectivity index (χ3n) is 3.75. The Morgan fingerprint density at radius 3 is 1.95 bits per heavy atom. The predicted molar refractivity (Wildman–Crippen MR) is 61.9 cm³/mol. The van der Waals surface area contributed by atoms with Crippen LogP contribution in [0.5, 0.6) is 0 Å². The van der Waals surface area contributed by atoms with Crippen molar-refractivity contribution >= 4 is 0 Å². The summed E-state index contributed by atoms with van der Waals surface area (Å²) in [6.07, 6.45) is -10.7. The molecule has 0 fully saturated rings. The van der Waals surface area contributed by atoms with Gasteiger partial charge in [-0.05, 0) is 19.3 Å². The average molecular weight is 304 g/mol. The summed E-state index contributed by atoms with van der Waals surface area (Å²) in [5.74, 6) is -1.21. The third kappa shape index (κ3) is 3.68. The van der Waals surface area contributed by atoms with Gasteiger partial charge in [-0.1, -0.05) is 26.3 Å². The molecule has 1 aliphatic carbocycles. The molecule has 1 aliphatic rings. The Morgan fingerprint density at radius 2 is 1.60 bits per heavy atom. The van der Waals surface area contributed by atoms with Crippen LogP contribution in [-0.2, 0) is 0 Å². The van der Waals surface area contributed by atoms with Gasteiger partial charge in [0, 0.05) is 11.5 Å². The minimum atomic E-state index is -4.62. The van der Waals surface area contributed by atoms with Gasteiger partial charge in [0.05, 0.1) is 11.5 Å². The van der Waals surface area contributed by atoms with Crippen LogP contribution in [0.15, 0.2) is 11.1 Å². The third-order valence-corrected chi connectivity index (χ3v) is 3.75. The lowest BCUT2D eigenvalue weighted by Gasteiger charge is -2.28. The van der Waals surface area contributed by atoms with Crippen LogP contribution in [0.25, 0.3) is 0 Å². The van der Waals surface area contributed by atoms with Crippen LogP contribution in [0.4, 0.5) is 26.3 Å². The highest BCUT2D eigenvalue weighted by Gasteiger charge is 2.57. The van der Waals surface area contributed by atoms with E-state index < -0.39 is 41.8 Å². The molecular formula is C13H18F6O. The fraction of sp³-hybridized carbons (Fsp3) is 0.846. The van der Waals surface area contributed by atoms with Crippen molar-refractivity contribution in [3.05, 3.63) is 11.1 Å². The van der Waals surface area contributed by atoms with E-state index in [1.807, 2.05) is 0 Å². The quantitative estimate of drug-likeness (QED) is 0.580. The van der Waals surface area contributed by atoms with E-state index in [9.17, 15) is 31.4 Å². The lowest BCUT2D eigenvalue weighted by molar-refractivity contribution is -0.215. The minimum absolute atomic E-state index is 0.0795. The Hall–Kier alpha value is -0.720. The number of allylic oxidation sites excluding steroid dienone is 1. The standard InChI is InChI=1S/C13H18F6O/c1-4-7(20)5-8-9(10(8)12(14,15)16)6-11(2,3)13(17,18)19/h7,9,20H,4-6H2,1-3H3/t7?,9-/m1/s1. The highest BCUT2D eigenvalue weighted by atomic mass is 19.4. The molecule has 20 heavy (non-hydrogen) atoms. The second-order valence-electron chi connectivity index (χ2n) is 5.84. The molecule has 1 unspecified atom stereocenters. The molecule has 1 rings (SSSR count). The lowest BCUT2D eigenvalue weighted by Crippen LogP contribution is -2.33. The average Bonchev–Trinajstić information content (AvgIpc) is 2.87. The van der Waals surface area contributed by atoms with Gasteiger partial charge in [-0.25, -0.2) is 0 Å². The van der Waals surface area contributed by atoms with Gasteiger partial charge < -0.3 is 5.11 Å². The number of halogens is 6. The zero-order valence-corrected chi connectivity index (χ0v) is 11.5. The van der Waals surface area contributed by atoms with Gasteiger partial charge >= 0.3 is 12.4 Å². The molecule has 0 spiro atoms. The van der Waals surface area contributed by atoms with Gasteiger partial charge in [0.25, 0.3) is 0 Å². The number of alkyl halides is 6. The van der Waals surface area contributed by atoms with Gasteiger partial charge in [0.1, 0.15) is 0 Å². The Labute approximate surface area is 113 Å². The van der Waals surface area contributed by atoms with Gasteiger partial charge in [-0.3, -0.25) is 0 Å². The molecule has 7 heteroatoms. The molecule has 1 nitrogen and oxygen atoms in total. The maximum Gasteiger partial charge on any atom is 0.413 e. The summed E-state index contributed by atoms with van der Waals surface area (Å²) in [4.78, 5) is 0. The summed E-state index contributed by atoms with van der Waals surface area (Å²) in [5.41, 5.74) is -3.15. The van der Waals surface area contributed by atoms with Crippen molar-refractivity contribution in [1.82, 2.24) is 0 Å². The first-order valence-electron chi connectivity index (χ1n) is 6.36. The topological polar surface area (TPSA) is 20.2 Å². The molecule has 0 aromatic heterocycles. The molecule has 0 aromatic rings. The van der Waals surface area contributed by atoms with Crippen molar-refractivity contribution < 1.29 is 31.4 Å². The molecule has 0 radical (unpaired) electrons. The Morgan fingerprint density at radius 1 is 1.10 bits per heavy atom. The number of hydrogen-bond donors (Lipinski definition) is 1. The number of aliphatic hydroxyl groups is 1. The molecule has 0 heterocycles. The van der Waals surface area contributed by atoms with E-state index in [-0.39, 0.29) is 18.4 Å². The van der Waals surface area contributed by atoms with Crippen LogP contribution in [0.1, 0.15) is 40.0 Å². The normalized spacial score (nSPS) is 22.2. The van der Waals surface area contributed by atoms with Gasteiger partial charge in [0.2, 0.25) is 0 Å². The number of aliphatic hydroxyl groups excluding tert-OH is 1. The van der Waals surface area contributed by atoms with Crippen molar-refractivity contribution in [3.63, 3.8) is 0 Å². The molecule has 0 saturated carbocycles. The monoisotopic (exact) mass is 304 g/mol. The van der Waals surface area contributed by atoms with E-state index in [4.69, 9.17) is 0 Å². The van der Waals surface area contributed by atoms with E-state index in [0.717, 1.165) is 13.8 Å². The van der Waals surface area contributed by atoms with Crippen molar-refractivity contribution in [2.45, 2.75) is 58.5 Å². The first-order valence-corrected chi connectivity index (χ1v) is 6.36. The van der Waals surface area contributed by atoms with Crippen LogP contribution in [0.2, 0.25) is 0 Å². The first kappa shape index (κ1) is 17.3. The van der Waals surface area contributed by atoms with Crippen LogP contribution in [0.3, 0.4) is 0 Å². The molecular weight excluding hydrogens is 286 g/mol. The summed E-state index contributed by atoms with van der Waals surface area (Å²) in [7, 11) is 0. The van der Waals surface area contributed by atoms with E-state index >= 15 is 0 Å². The zero-order chi connectivity index (χ0) is 15.9. The summed E-state index contributed by atoms with van der Waals surface area (Å²) >= 11 is 0. The van der Waals surface area contributed by atoms with E-state index in [1.54, 1.807) is 6.92 Å². The molecule has 0 amide bonds. The second kappa shape index (κ2) is 5.24. The number of rotatable bonds is 5. The van der Waals surface area contributed by atoms with E-state index in [0.29, 0.717) is 0 Å². The lowest BCUT2D eigenvalue weighted by atomic mass is 9.84. The summed E-state index contributed by atoms with van der Waals surface area (Å²) in [5, 5.41) is 9.40. The van der Waals surface area contributed by atoms with Crippen molar-refractivity contribution in [2.75, 3.05) is 0 Å². The van der Waals surface area contributed by atoms with Crippen LogP contribution < -0.4 is 0 Å². The molecule has 0 bridgehead atoms. The minimum Gasteiger partial charge on any atom is -0.393 e. The fourth-order valence-electron chi connectivity index (χ4n) is 2.20. The van der Waals surface area contributed by atoms with Gasteiger partial charge in [-0.2, -0.15) is 26.3 Å². The maximum atomic E-state index is 12.8. The van der Waals surface area contributed by atoms with Crippen LogP contribution >= 0.6 is 0 Å². The zero-order valence-electron chi connectivity index (χ0n) is 11.5. The number of hydrogen-bond acceptors (Lipinski definition) is 1. The van der Waals surface area contributed by atoms with E-state index in [1.165, 1.54) is 0 Å². The fourth-order valence-corrected chi connectivity index (χ4v) is 2.20. The Bertz CT molecular complexity index is 391. The highest BCUT2D eigenvalue weighted by molar-refractivity contribution is 5.45. The second-order valence-corrected chi connectivity index (χ2v) is 5.84. The van der Waals surface area contributed by atoms with Crippen LogP contribution in [0, 0.1) is 11.3 Å². The van der Waals surface area contributed by atoms with Crippen molar-refractivity contribution in [2.24, 2.45) is 11.3 Å². The summed E-state index contributed by atoms with van der Waals surface area (Å²) in [6, 6.07) is 0. The first-order chi connectivity index (χ1) is 8.81. The maximum absolute atomic E-state index is 12.8. The van der Waals surface area contributed by atoms with Gasteiger partial charge in [-0.15, -0.1) is 0 Å². The molecule has 2 atom stereocenters. The Kier molecular flexibility index (Phi) is 4.54. The summed E-state index contributed by atoms with van der Waals surface area (Å²) < 4.78 is 76.5. The van der Waals surface area contributed by atoms with Crippen molar-refractivity contribution in [1.29, 1.82) is 0 Å². The molecule has 118 valence electrons. The Balaban J connectivity index is 2.83. The molecule has 0 saturated heterocycles. The van der Waals surface area contributed by atoms with Crippen LogP contribution in [-0.4, -0.2) is 23.6 Å². The van der Waals surface area contributed by atoms with Gasteiger partial charge in [0.15, 0.2) is 0 Å². The highest BCUT2D eigenvalue weighted by Crippen LogP contribution is 2.58. The van der Waals surface area contributed by atoms with Crippen molar-refractivity contribution in [3.8, 4) is 0 Å². The molecule has 0 aliphatic heterocycles. The SMILES string of the molecule is CCC(O)CC1=C(C(F)(F)F)[C@@H]1CC(C)(C)C(F)(F)F. The largest absolute Gasteiger partial charge is 0.413 e.